The van der Waals surface area contributed by atoms with E-state index in [0.717, 1.165) is 5.69 Å². The normalized spacial score (nSPS) is 15.0. The van der Waals surface area contributed by atoms with Gasteiger partial charge in [-0.25, -0.2) is 23.1 Å². The van der Waals surface area contributed by atoms with E-state index in [2.05, 4.69) is 41.9 Å². The maximum absolute atomic E-state index is 12.9. The Bertz CT molecular complexity index is 1740. The molecule has 1 saturated heterocycles. The van der Waals surface area contributed by atoms with E-state index >= 15 is 0 Å². The summed E-state index contributed by atoms with van der Waals surface area (Å²) in [6.45, 7) is 2.83. The number of rotatable bonds is 9. The lowest BCUT2D eigenvalue weighted by molar-refractivity contribution is 0.329. The van der Waals surface area contributed by atoms with Gasteiger partial charge in [0.25, 0.3) is 0 Å². The van der Waals surface area contributed by atoms with Crippen LogP contribution < -0.4 is 10.6 Å². The van der Waals surface area contributed by atoms with Gasteiger partial charge in [0.05, 0.1) is 70.5 Å². The molecule has 13 nitrogen and oxygen atoms in total. The minimum Gasteiger partial charge on any atom is -0.351 e. The van der Waals surface area contributed by atoms with E-state index in [9.17, 15) is 13.7 Å². The Hall–Kier alpha value is -4.00. The molecule has 0 unspecified atom stereocenters. The van der Waals surface area contributed by atoms with Gasteiger partial charge in [0.1, 0.15) is 11.0 Å². The SMILES string of the molecule is [B]C([B])([B])NCc1ccc(-n2cc(-c3nc(NC4CCN(S(=O)(=O)c5cnn(C)c5)CC4)ncc3C#N)cn2)c(C)n1. The van der Waals surface area contributed by atoms with Gasteiger partial charge in [-0.15, -0.1) is 0 Å². The summed E-state index contributed by atoms with van der Waals surface area (Å²) >= 11 is 0. The monoisotopic (exact) mass is 577 g/mol. The highest BCUT2D eigenvalue weighted by Crippen LogP contribution is 2.25. The summed E-state index contributed by atoms with van der Waals surface area (Å²) in [6, 6.07) is 5.77. The van der Waals surface area contributed by atoms with Crippen LogP contribution in [0, 0.1) is 18.3 Å². The first-order chi connectivity index (χ1) is 19.9. The fourth-order valence-electron chi connectivity index (χ4n) is 4.62. The molecule has 1 aliphatic heterocycles. The highest BCUT2D eigenvalue weighted by atomic mass is 32.2. The second kappa shape index (κ2) is 11.7. The lowest BCUT2D eigenvalue weighted by Crippen LogP contribution is -2.46. The first-order valence-electron chi connectivity index (χ1n) is 13.1. The molecule has 0 atom stereocenters. The Morgan fingerprint density at radius 2 is 1.86 bits per heavy atom. The number of hydrogen-bond acceptors (Lipinski definition) is 10. The summed E-state index contributed by atoms with van der Waals surface area (Å²) in [5.74, 6) is 0.343. The van der Waals surface area contributed by atoms with Gasteiger partial charge >= 0.3 is 0 Å². The average molecular weight is 577 g/mol. The summed E-state index contributed by atoms with van der Waals surface area (Å²) in [5.41, 5.74) is 3.50. The van der Waals surface area contributed by atoms with Crippen molar-refractivity contribution in [2.45, 2.75) is 42.5 Å². The van der Waals surface area contributed by atoms with E-state index in [-0.39, 0.29) is 17.5 Å². The lowest BCUT2D eigenvalue weighted by Gasteiger charge is -2.31. The molecule has 4 aromatic heterocycles. The molecule has 0 aromatic carbocycles. The molecular formula is C25H26B3N11O2S. The van der Waals surface area contributed by atoms with Crippen molar-refractivity contribution < 1.29 is 8.42 Å². The summed E-state index contributed by atoms with van der Waals surface area (Å²) in [7, 11) is 14.8. The number of pyridine rings is 1. The van der Waals surface area contributed by atoms with Gasteiger partial charge < -0.3 is 10.6 Å². The van der Waals surface area contributed by atoms with Gasteiger partial charge in [0.15, 0.2) is 0 Å². The lowest BCUT2D eigenvalue weighted by atomic mass is 9.49. The first-order valence-corrected chi connectivity index (χ1v) is 14.5. The van der Waals surface area contributed by atoms with Gasteiger partial charge in [-0.3, -0.25) is 9.67 Å². The van der Waals surface area contributed by atoms with Crippen LogP contribution in [-0.2, 0) is 23.6 Å². The smallest absolute Gasteiger partial charge is 0.246 e. The quantitative estimate of drug-likeness (QED) is 0.262. The average Bonchev–Trinajstić information content (AvgIpc) is 3.62. The second-order valence-corrected chi connectivity index (χ2v) is 12.0. The highest BCUT2D eigenvalue weighted by molar-refractivity contribution is 7.89. The molecule has 6 radical (unpaired) electrons. The minimum atomic E-state index is -3.60. The third kappa shape index (κ3) is 6.56. The van der Waals surface area contributed by atoms with Crippen LogP contribution in [0.1, 0.15) is 29.8 Å². The van der Waals surface area contributed by atoms with E-state index in [1.54, 1.807) is 24.1 Å². The number of aryl methyl sites for hydroxylation is 2. The van der Waals surface area contributed by atoms with Crippen molar-refractivity contribution in [3.63, 3.8) is 0 Å². The van der Waals surface area contributed by atoms with Crippen LogP contribution in [0.4, 0.5) is 5.95 Å². The molecule has 2 N–H and O–H groups in total. The number of hydrogen-bond donors (Lipinski definition) is 2. The largest absolute Gasteiger partial charge is 0.351 e. The number of piperidine rings is 1. The van der Waals surface area contributed by atoms with Crippen LogP contribution in [0.3, 0.4) is 0 Å². The molecule has 17 heteroatoms. The number of nitriles is 1. The third-order valence-electron chi connectivity index (χ3n) is 6.81. The van der Waals surface area contributed by atoms with Crippen LogP contribution in [-0.4, -0.2) is 95.1 Å². The molecule has 0 spiro atoms. The summed E-state index contributed by atoms with van der Waals surface area (Å²) < 4.78 is 30.4. The predicted molar refractivity (Wildman–Crippen MR) is 157 cm³/mol. The summed E-state index contributed by atoms with van der Waals surface area (Å²) in [5, 5.41) is 22.7. The van der Waals surface area contributed by atoms with E-state index in [4.69, 9.17) is 23.5 Å². The van der Waals surface area contributed by atoms with Crippen molar-refractivity contribution >= 4 is 39.5 Å². The Kier molecular flexibility index (Phi) is 8.22. The molecule has 208 valence electrons. The third-order valence-corrected chi connectivity index (χ3v) is 8.66. The van der Waals surface area contributed by atoms with Crippen molar-refractivity contribution in [1.82, 2.24) is 44.1 Å². The molecule has 5 rings (SSSR count). The molecule has 0 amide bonds. The van der Waals surface area contributed by atoms with Crippen molar-refractivity contribution in [2.24, 2.45) is 7.05 Å². The number of sulfonamides is 1. The Morgan fingerprint density at radius 1 is 1.10 bits per heavy atom. The van der Waals surface area contributed by atoms with Crippen LogP contribution in [0.2, 0.25) is 0 Å². The molecule has 1 aliphatic rings. The molecule has 5 heterocycles. The molecule has 42 heavy (non-hydrogen) atoms. The van der Waals surface area contributed by atoms with E-state index in [0.29, 0.717) is 60.1 Å². The van der Waals surface area contributed by atoms with Crippen LogP contribution in [0.5, 0.6) is 0 Å². The molecule has 4 aromatic rings. The fourth-order valence-corrected chi connectivity index (χ4v) is 6.08. The Balaban J connectivity index is 1.28. The number of nitrogens with zero attached hydrogens (tertiary/aromatic N) is 9. The number of anilines is 1. The highest BCUT2D eigenvalue weighted by Gasteiger charge is 2.30. The minimum absolute atomic E-state index is 0.0430. The number of aromatic nitrogens is 7. The van der Waals surface area contributed by atoms with E-state index in [1.807, 2.05) is 19.1 Å². The van der Waals surface area contributed by atoms with Crippen molar-refractivity contribution in [3.8, 4) is 23.0 Å². The van der Waals surface area contributed by atoms with Gasteiger partial charge in [-0.1, -0.05) is 5.24 Å². The first kappa shape index (κ1) is 29.5. The van der Waals surface area contributed by atoms with Gasteiger partial charge in [0.2, 0.25) is 16.0 Å². The van der Waals surface area contributed by atoms with Gasteiger partial charge in [0, 0.05) is 50.7 Å². The second-order valence-electron chi connectivity index (χ2n) is 10.1. The van der Waals surface area contributed by atoms with E-state index < -0.39 is 15.3 Å². The summed E-state index contributed by atoms with van der Waals surface area (Å²) in [6.07, 6.45) is 8.83. The molecule has 1 fully saturated rings. The maximum atomic E-state index is 12.9. The Morgan fingerprint density at radius 3 is 2.50 bits per heavy atom. The van der Waals surface area contributed by atoms with Crippen LogP contribution in [0.25, 0.3) is 16.9 Å². The van der Waals surface area contributed by atoms with Gasteiger partial charge in [-0.2, -0.15) is 19.8 Å². The van der Waals surface area contributed by atoms with Crippen molar-refractivity contribution in [2.75, 3.05) is 18.4 Å². The van der Waals surface area contributed by atoms with Crippen LogP contribution in [0.15, 0.2) is 48.0 Å². The molecule has 0 aliphatic carbocycles. The zero-order valence-electron chi connectivity index (χ0n) is 23.1. The number of nitrogens with one attached hydrogen (secondary N) is 2. The maximum Gasteiger partial charge on any atom is 0.246 e. The molecule has 0 bridgehead atoms. The molecule has 0 saturated carbocycles. The zero-order valence-corrected chi connectivity index (χ0v) is 24.0. The standard InChI is InChI=1S/C25H26B3N11O2S/c1-16-22(4-3-20(34-16)12-31-25(26,27)28)39-14-18(11-33-39)23-17(9-29)10-30-24(36-23)35-19-5-7-38(8-6-19)42(40,41)21-13-32-37(2)15-21/h3-4,10-11,13-15,19,31H,5-8,12H2,1-2H3,(H,30,35,36). The fraction of sp³-hybridized carbons (Fsp3) is 0.360. The zero-order chi connectivity index (χ0) is 30.1. The topological polar surface area (TPSA) is 160 Å². The van der Waals surface area contributed by atoms with E-state index in [1.165, 1.54) is 27.6 Å². The van der Waals surface area contributed by atoms with Crippen molar-refractivity contribution in [3.05, 3.63) is 60.1 Å². The summed E-state index contributed by atoms with van der Waals surface area (Å²) in [4.78, 5) is 13.7. The van der Waals surface area contributed by atoms with Crippen molar-refractivity contribution in [1.29, 1.82) is 5.26 Å². The molecular weight excluding hydrogens is 551 g/mol. The van der Waals surface area contributed by atoms with Gasteiger partial charge in [-0.05, 0) is 31.9 Å². The van der Waals surface area contributed by atoms with Crippen LogP contribution >= 0.6 is 0 Å². The predicted octanol–water partition coefficient (Wildman–Crippen LogP) is 0.110. The Labute approximate surface area is 248 Å².